The minimum Gasteiger partial charge on any atom is -0.465 e. The van der Waals surface area contributed by atoms with E-state index in [1.165, 1.54) is 7.11 Å². The van der Waals surface area contributed by atoms with E-state index in [0.717, 1.165) is 0 Å². The van der Waals surface area contributed by atoms with Crippen LogP contribution >= 0.6 is 12.6 Å². The van der Waals surface area contributed by atoms with E-state index in [9.17, 15) is 4.79 Å². The second-order valence-electron chi connectivity index (χ2n) is 2.74. The fraction of sp³-hybridized carbons (Fsp3) is 0.200. The maximum Gasteiger partial charge on any atom is 0.339 e. The summed E-state index contributed by atoms with van der Waals surface area (Å²) < 4.78 is 4.59. The van der Waals surface area contributed by atoms with Crippen molar-refractivity contribution in [2.24, 2.45) is 0 Å². The van der Waals surface area contributed by atoms with Crippen LogP contribution in [0.4, 0.5) is 0 Å². The fourth-order valence-electron chi connectivity index (χ4n) is 1.16. The number of nitriles is 1. The van der Waals surface area contributed by atoms with Crippen LogP contribution in [0.2, 0.25) is 0 Å². The zero-order valence-electron chi connectivity index (χ0n) is 7.87. The first-order valence-electron chi connectivity index (χ1n) is 3.92. The highest BCUT2D eigenvalue weighted by molar-refractivity contribution is 7.80. The normalized spacial score (nSPS) is 9.29. The number of hydrogen-bond acceptors (Lipinski definition) is 4. The van der Waals surface area contributed by atoms with E-state index >= 15 is 0 Å². The lowest BCUT2D eigenvalue weighted by Crippen LogP contribution is -2.07. The molecule has 0 N–H and O–H groups in total. The molecule has 0 aliphatic carbocycles. The summed E-state index contributed by atoms with van der Waals surface area (Å²) in [5, 5.41) is 8.80. The van der Waals surface area contributed by atoms with E-state index in [1.54, 1.807) is 19.1 Å². The van der Waals surface area contributed by atoms with Gasteiger partial charge >= 0.3 is 5.97 Å². The summed E-state index contributed by atoms with van der Waals surface area (Å²) in [4.78, 5) is 12.0. The van der Waals surface area contributed by atoms with Gasteiger partial charge in [0, 0.05) is 4.90 Å². The number of esters is 1. The van der Waals surface area contributed by atoms with Gasteiger partial charge in [0.2, 0.25) is 0 Å². The van der Waals surface area contributed by atoms with E-state index in [4.69, 9.17) is 5.26 Å². The molecule has 0 spiro atoms. The number of hydrogen-bond donors (Lipinski definition) is 1. The Labute approximate surface area is 87.7 Å². The number of methoxy groups -OCH3 is 1. The number of benzene rings is 1. The SMILES string of the molecule is COC(=O)c1c(C#N)ccc(S)c1C. The number of nitrogens with zero attached hydrogens (tertiary/aromatic N) is 1. The summed E-state index contributed by atoms with van der Waals surface area (Å²) in [6, 6.07) is 5.19. The Morgan fingerprint density at radius 3 is 2.71 bits per heavy atom. The first-order valence-corrected chi connectivity index (χ1v) is 4.37. The molecule has 0 atom stereocenters. The van der Waals surface area contributed by atoms with Crippen molar-refractivity contribution in [3.8, 4) is 6.07 Å². The molecule has 0 amide bonds. The quantitative estimate of drug-likeness (QED) is 0.565. The smallest absolute Gasteiger partial charge is 0.339 e. The molecule has 0 saturated carbocycles. The standard InChI is InChI=1S/C10H9NO2S/c1-6-8(14)4-3-7(5-11)9(6)10(12)13-2/h3-4,14H,1-2H3. The Balaban J connectivity index is 3.45. The summed E-state index contributed by atoms with van der Waals surface area (Å²) in [5.41, 5.74) is 1.27. The molecule has 1 aromatic carbocycles. The molecule has 0 aliphatic heterocycles. The Morgan fingerprint density at radius 2 is 2.21 bits per heavy atom. The third-order valence-corrected chi connectivity index (χ3v) is 2.43. The van der Waals surface area contributed by atoms with Crippen molar-refractivity contribution in [1.29, 1.82) is 5.26 Å². The molecule has 0 unspecified atom stereocenters. The average Bonchev–Trinajstić information content (AvgIpc) is 2.20. The lowest BCUT2D eigenvalue weighted by atomic mass is 10.0. The number of rotatable bonds is 1. The maximum atomic E-state index is 11.4. The fourth-order valence-corrected chi connectivity index (χ4v) is 1.35. The van der Waals surface area contributed by atoms with Gasteiger partial charge in [0.1, 0.15) is 6.07 Å². The molecular formula is C10H9NO2S. The summed E-state index contributed by atoms with van der Waals surface area (Å²) in [6.45, 7) is 1.73. The van der Waals surface area contributed by atoms with Crippen molar-refractivity contribution in [2.45, 2.75) is 11.8 Å². The Morgan fingerprint density at radius 1 is 1.57 bits per heavy atom. The molecule has 4 heteroatoms. The van der Waals surface area contributed by atoms with Gasteiger partial charge in [0.15, 0.2) is 0 Å². The molecule has 0 saturated heterocycles. The second-order valence-corrected chi connectivity index (χ2v) is 3.22. The number of thiol groups is 1. The van der Waals surface area contributed by atoms with E-state index < -0.39 is 5.97 Å². The van der Waals surface area contributed by atoms with Crippen LogP contribution in [-0.4, -0.2) is 13.1 Å². The second kappa shape index (κ2) is 4.16. The highest BCUT2D eigenvalue weighted by Crippen LogP contribution is 2.21. The Kier molecular flexibility index (Phi) is 3.15. The van der Waals surface area contributed by atoms with E-state index in [1.807, 2.05) is 6.07 Å². The van der Waals surface area contributed by atoms with Crippen molar-refractivity contribution in [2.75, 3.05) is 7.11 Å². The minimum atomic E-state index is -0.505. The summed E-state index contributed by atoms with van der Waals surface area (Å²) >= 11 is 4.17. The molecule has 14 heavy (non-hydrogen) atoms. The van der Waals surface area contributed by atoms with Crippen molar-refractivity contribution < 1.29 is 9.53 Å². The molecule has 1 aromatic rings. The predicted molar refractivity (Wildman–Crippen MR) is 54.5 cm³/mol. The predicted octanol–water partition coefficient (Wildman–Crippen LogP) is 1.94. The molecule has 0 aromatic heterocycles. The summed E-state index contributed by atoms with van der Waals surface area (Å²) in [7, 11) is 1.29. The topological polar surface area (TPSA) is 50.1 Å². The highest BCUT2D eigenvalue weighted by atomic mass is 32.1. The van der Waals surface area contributed by atoms with Crippen LogP contribution in [0.3, 0.4) is 0 Å². The van der Waals surface area contributed by atoms with Gasteiger partial charge < -0.3 is 4.74 Å². The van der Waals surface area contributed by atoms with Crippen molar-refractivity contribution in [3.05, 3.63) is 28.8 Å². The molecule has 1 rings (SSSR count). The van der Waals surface area contributed by atoms with Crippen molar-refractivity contribution in [1.82, 2.24) is 0 Å². The minimum absolute atomic E-state index is 0.294. The highest BCUT2D eigenvalue weighted by Gasteiger charge is 2.16. The summed E-state index contributed by atoms with van der Waals surface area (Å²) in [6.07, 6.45) is 0. The van der Waals surface area contributed by atoms with E-state index in [0.29, 0.717) is 21.6 Å². The number of ether oxygens (including phenoxy) is 1. The van der Waals surface area contributed by atoms with Crippen LogP contribution in [0.1, 0.15) is 21.5 Å². The van der Waals surface area contributed by atoms with Crippen LogP contribution in [0.15, 0.2) is 17.0 Å². The maximum absolute atomic E-state index is 11.4. The van der Waals surface area contributed by atoms with Gasteiger partial charge in [0.25, 0.3) is 0 Å². The molecule has 3 nitrogen and oxygen atoms in total. The summed E-state index contributed by atoms with van der Waals surface area (Å²) in [5.74, 6) is -0.505. The van der Waals surface area contributed by atoms with Crippen LogP contribution in [0, 0.1) is 18.3 Å². The van der Waals surface area contributed by atoms with Gasteiger partial charge in [-0.15, -0.1) is 12.6 Å². The molecule has 0 bridgehead atoms. The Bertz CT molecular complexity index is 421. The van der Waals surface area contributed by atoms with Gasteiger partial charge in [-0.05, 0) is 24.6 Å². The molecular weight excluding hydrogens is 198 g/mol. The first-order chi connectivity index (χ1) is 6.61. The third kappa shape index (κ3) is 1.73. The van der Waals surface area contributed by atoms with Gasteiger partial charge in [0.05, 0.1) is 18.2 Å². The zero-order chi connectivity index (χ0) is 10.7. The largest absolute Gasteiger partial charge is 0.465 e. The van der Waals surface area contributed by atoms with Crippen molar-refractivity contribution in [3.63, 3.8) is 0 Å². The van der Waals surface area contributed by atoms with E-state index in [-0.39, 0.29) is 0 Å². The van der Waals surface area contributed by atoms with Crippen LogP contribution in [0.25, 0.3) is 0 Å². The van der Waals surface area contributed by atoms with Crippen LogP contribution in [-0.2, 0) is 4.74 Å². The third-order valence-electron chi connectivity index (χ3n) is 1.95. The molecule has 0 radical (unpaired) electrons. The van der Waals surface area contributed by atoms with Crippen molar-refractivity contribution >= 4 is 18.6 Å². The molecule has 0 heterocycles. The first kappa shape index (κ1) is 10.6. The van der Waals surface area contributed by atoms with Crippen LogP contribution in [0.5, 0.6) is 0 Å². The van der Waals surface area contributed by atoms with E-state index in [2.05, 4.69) is 17.4 Å². The monoisotopic (exact) mass is 207 g/mol. The lowest BCUT2D eigenvalue weighted by Gasteiger charge is -2.07. The zero-order valence-corrected chi connectivity index (χ0v) is 8.76. The molecule has 0 fully saturated rings. The number of carbonyl (C=O) groups excluding carboxylic acids is 1. The van der Waals surface area contributed by atoms with Gasteiger partial charge in [-0.1, -0.05) is 0 Å². The average molecular weight is 207 g/mol. The number of carbonyl (C=O) groups is 1. The van der Waals surface area contributed by atoms with Crippen LogP contribution < -0.4 is 0 Å². The lowest BCUT2D eigenvalue weighted by molar-refractivity contribution is 0.0599. The molecule has 0 aliphatic rings. The van der Waals surface area contributed by atoms with Gasteiger partial charge in [-0.3, -0.25) is 0 Å². The van der Waals surface area contributed by atoms with Gasteiger partial charge in [-0.25, -0.2) is 4.79 Å². The molecule has 72 valence electrons. The Hall–Kier alpha value is -1.47. The van der Waals surface area contributed by atoms with Gasteiger partial charge in [-0.2, -0.15) is 5.26 Å².